The van der Waals surface area contributed by atoms with Crippen molar-refractivity contribution in [1.29, 1.82) is 0 Å². The van der Waals surface area contributed by atoms with E-state index in [9.17, 15) is 9.59 Å². The Hall–Kier alpha value is -1.89. The predicted molar refractivity (Wildman–Crippen MR) is 91.3 cm³/mol. The number of nitrogens with zero attached hydrogens (tertiary/aromatic N) is 3. The average Bonchev–Trinajstić information content (AvgIpc) is 3.20. The lowest BCUT2D eigenvalue weighted by molar-refractivity contribution is -0.146. The van der Waals surface area contributed by atoms with E-state index in [0.29, 0.717) is 50.0 Å². The molecule has 1 atom stereocenters. The molecule has 25 heavy (non-hydrogen) atoms. The van der Waals surface area contributed by atoms with Crippen LogP contribution in [-0.2, 0) is 16.0 Å². The lowest BCUT2D eigenvalue weighted by atomic mass is 9.78. The largest absolute Gasteiger partial charge is 0.435 e. The van der Waals surface area contributed by atoms with Gasteiger partial charge >= 0.3 is 0 Å². The first-order valence-corrected chi connectivity index (χ1v) is 9.04. The van der Waals surface area contributed by atoms with Gasteiger partial charge in [0.1, 0.15) is 0 Å². The van der Waals surface area contributed by atoms with Crippen molar-refractivity contribution >= 4 is 11.8 Å². The second-order valence-electron chi connectivity index (χ2n) is 7.02. The summed E-state index contributed by atoms with van der Waals surface area (Å²) in [5.41, 5.74) is 0.183. The minimum atomic E-state index is -0.441. The van der Waals surface area contributed by atoms with Gasteiger partial charge in [-0.2, -0.15) is 0 Å². The van der Waals surface area contributed by atoms with Gasteiger partial charge in [0.15, 0.2) is 5.89 Å². The molecule has 0 aliphatic carbocycles. The van der Waals surface area contributed by atoms with Crippen LogP contribution >= 0.6 is 0 Å². The van der Waals surface area contributed by atoms with Crippen LogP contribution in [0, 0.1) is 12.3 Å². The number of aromatic nitrogens is 1. The van der Waals surface area contributed by atoms with E-state index >= 15 is 0 Å². The number of piperidine rings is 1. The molecule has 2 aliphatic rings. The molecule has 0 radical (unpaired) electrons. The minimum Gasteiger partial charge on any atom is -0.435 e. The first-order valence-electron chi connectivity index (χ1n) is 9.04. The predicted octanol–water partition coefficient (Wildman–Crippen LogP) is 1.65. The molecule has 2 amide bonds. The van der Waals surface area contributed by atoms with Crippen LogP contribution in [0.3, 0.4) is 0 Å². The van der Waals surface area contributed by atoms with Gasteiger partial charge in [0.2, 0.25) is 11.7 Å². The maximum absolute atomic E-state index is 13.0. The molecule has 2 aliphatic heterocycles. The standard InChI is InChI=1S/C18H27N3O4/c1-4-14-19-13(2)15(25-14)16(22)21-9-7-18(12-21)6-5-8-20(17(18)23)10-11-24-3/h4-12H2,1-3H3/t18-/m1/s1. The number of oxazole rings is 1. The fourth-order valence-electron chi connectivity index (χ4n) is 3.94. The zero-order valence-corrected chi connectivity index (χ0v) is 15.3. The molecule has 0 aromatic carbocycles. The Balaban J connectivity index is 1.72. The fraction of sp³-hybridized carbons (Fsp3) is 0.722. The van der Waals surface area contributed by atoms with Gasteiger partial charge < -0.3 is 19.0 Å². The smallest absolute Gasteiger partial charge is 0.291 e. The van der Waals surface area contributed by atoms with Crippen molar-refractivity contribution in [1.82, 2.24) is 14.8 Å². The molecule has 7 nitrogen and oxygen atoms in total. The molecular weight excluding hydrogens is 322 g/mol. The van der Waals surface area contributed by atoms with Crippen LogP contribution in [-0.4, -0.2) is 66.5 Å². The van der Waals surface area contributed by atoms with E-state index in [1.54, 1.807) is 18.9 Å². The first-order chi connectivity index (χ1) is 12.0. The lowest BCUT2D eigenvalue weighted by Gasteiger charge is -2.39. The van der Waals surface area contributed by atoms with Gasteiger partial charge in [0, 0.05) is 39.7 Å². The topological polar surface area (TPSA) is 75.9 Å². The van der Waals surface area contributed by atoms with E-state index in [0.717, 1.165) is 25.8 Å². The summed E-state index contributed by atoms with van der Waals surface area (Å²) in [6.45, 7) is 6.73. The Morgan fingerprint density at radius 1 is 1.36 bits per heavy atom. The number of amides is 2. The fourth-order valence-corrected chi connectivity index (χ4v) is 3.94. The van der Waals surface area contributed by atoms with E-state index in [-0.39, 0.29) is 11.8 Å². The zero-order chi connectivity index (χ0) is 18.0. The van der Waals surface area contributed by atoms with E-state index < -0.39 is 5.41 Å². The Morgan fingerprint density at radius 3 is 2.84 bits per heavy atom. The van der Waals surface area contributed by atoms with E-state index in [1.807, 2.05) is 11.8 Å². The molecule has 7 heteroatoms. The number of rotatable bonds is 5. The van der Waals surface area contributed by atoms with Crippen LogP contribution in [0.5, 0.6) is 0 Å². The maximum Gasteiger partial charge on any atom is 0.291 e. The van der Waals surface area contributed by atoms with Crippen molar-refractivity contribution in [2.24, 2.45) is 5.41 Å². The van der Waals surface area contributed by atoms with Crippen LogP contribution < -0.4 is 0 Å². The molecular formula is C18H27N3O4. The molecule has 0 saturated carbocycles. The molecule has 0 bridgehead atoms. The Labute approximate surface area is 148 Å². The van der Waals surface area contributed by atoms with E-state index in [4.69, 9.17) is 9.15 Å². The monoisotopic (exact) mass is 349 g/mol. The summed E-state index contributed by atoms with van der Waals surface area (Å²) in [5.74, 6) is 0.903. The number of ether oxygens (including phenoxy) is 1. The number of carbonyl (C=O) groups excluding carboxylic acids is 2. The van der Waals surface area contributed by atoms with Crippen LogP contribution in [0.25, 0.3) is 0 Å². The lowest BCUT2D eigenvalue weighted by Crippen LogP contribution is -2.51. The van der Waals surface area contributed by atoms with Crippen molar-refractivity contribution in [3.63, 3.8) is 0 Å². The summed E-state index contributed by atoms with van der Waals surface area (Å²) in [7, 11) is 1.64. The number of methoxy groups -OCH3 is 1. The van der Waals surface area contributed by atoms with Crippen molar-refractivity contribution in [3.05, 3.63) is 17.3 Å². The third-order valence-electron chi connectivity index (χ3n) is 5.37. The maximum atomic E-state index is 13.0. The van der Waals surface area contributed by atoms with Gasteiger partial charge in [-0.15, -0.1) is 0 Å². The van der Waals surface area contributed by atoms with Gasteiger partial charge in [0.05, 0.1) is 17.7 Å². The molecule has 3 heterocycles. The second-order valence-corrected chi connectivity index (χ2v) is 7.02. The highest BCUT2D eigenvalue weighted by atomic mass is 16.5. The van der Waals surface area contributed by atoms with Crippen LogP contribution in [0.2, 0.25) is 0 Å². The summed E-state index contributed by atoms with van der Waals surface area (Å²) >= 11 is 0. The summed E-state index contributed by atoms with van der Waals surface area (Å²) in [5, 5.41) is 0. The average molecular weight is 349 g/mol. The number of hydrogen-bond donors (Lipinski definition) is 0. The second kappa shape index (κ2) is 7.15. The van der Waals surface area contributed by atoms with Crippen LogP contribution in [0.1, 0.15) is 48.3 Å². The van der Waals surface area contributed by atoms with E-state index in [1.165, 1.54) is 0 Å². The highest BCUT2D eigenvalue weighted by Gasteiger charge is 2.49. The summed E-state index contributed by atoms with van der Waals surface area (Å²) in [6, 6.07) is 0. The normalized spacial score (nSPS) is 23.7. The van der Waals surface area contributed by atoms with Crippen molar-refractivity contribution in [2.75, 3.05) is 39.9 Å². The first kappa shape index (κ1) is 17.9. The minimum absolute atomic E-state index is 0.150. The molecule has 2 saturated heterocycles. The SMILES string of the molecule is CCc1nc(C)c(C(=O)N2CC[C@]3(CCCN(CCOC)C3=O)C2)o1. The van der Waals surface area contributed by atoms with Crippen LogP contribution in [0.4, 0.5) is 0 Å². The Morgan fingerprint density at radius 2 is 2.16 bits per heavy atom. The molecule has 3 rings (SSSR count). The summed E-state index contributed by atoms with van der Waals surface area (Å²) in [6.07, 6.45) is 3.19. The Kier molecular flexibility index (Phi) is 5.13. The molecule has 2 fully saturated rings. The van der Waals surface area contributed by atoms with Crippen molar-refractivity contribution in [3.8, 4) is 0 Å². The van der Waals surface area contributed by atoms with Crippen LogP contribution in [0.15, 0.2) is 4.42 Å². The van der Waals surface area contributed by atoms with Crippen molar-refractivity contribution < 1.29 is 18.7 Å². The van der Waals surface area contributed by atoms with E-state index in [2.05, 4.69) is 4.98 Å². The zero-order valence-electron chi connectivity index (χ0n) is 15.3. The summed E-state index contributed by atoms with van der Waals surface area (Å²) in [4.78, 5) is 33.7. The molecule has 0 N–H and O–H groups in total. The molecule has 1 spiro atoms. The van der Waals surface area contributed by atoms with Gasteiger partial charge in [-0.25, -0.2) is 4.98 Å². The summed E-state index contributed by atoms with van der Waals surface area (Å²) < 4.78 is 10.7. The van der Waals surface area contributed by atoms with Gasteiger partial charge in [-0.3, -0.25) is 9.59 Å². The molecule has 138 valence electrons. The third-order valence-corrected chi connectivity index (χ3v) is 5.37. The highest BCUT2D eigenvalue weighted by Crippen LogP contribution is 2.40. The van der Waals surface area contributed by atoms with Crippen molar-refractivity contribution in [2.45, 2.75) is 39.5 Å². The number of likely N-dealkylation sites (tertiary alicyclic amines) is 2. The van der Waals surface area contributed by atoms with Gasteiger partial charge in [-0.05, 0) is 26.2 Å². The molecule has 1 aromatic heterocycles. The molecule has 1 aromatic rings. The quantitative estimate of drug-likeness (QED) is 0.808. The number of aryl methyl sites for hydroxylation is 2. The Bertz CT molecular complexity index is 657. The third kappa shape index (κ3) is 3.29. The number of hydrogen-bond acceptors (Lipinski definition) is 5. The highest BCUT2D eigenvalue weighted by molar-refractivity contribution is 5.94. The number of carbonyl (C=O) groups is 2. The van der Waals surface area contributed by atoms with Gasteiger partial charge in [0.25, 0.3) is 5.91 Å². The van der Waals surface area contributed by atoms with Gasteiger partial charge in [-0.1, -0.05) is 6.92 Å². The molecule has 0 unspecified atom stereocenters.